The molecule has 0 saturated heterocycles. The number of ether oxygens (including phenoxy) is 1. The standard InChI is InChI=1S/C16H27NO2/c1-4-6-7-9-13(3)17-12-14-10-8-11-15(16(14)18)19-5-2/h8,10-11,13,17-18H,4-7,9,12H2,1-3H3. The van der Waals surface area contributed by atoms with Crippen molar-refractivity contribution in [2.45, 2.75) is 59.0 Å². The molecule has 1 atom stereocenters. The van der Waals surface area contributed by atoms with Gasteiger partial charge in [-0.05, 0) is 26.3 Å². The van der Waals surface area contributed by atoms with Crippen molar-refractivity contribution in [3.8, 4) is 11.5 Å². The van der Waals surface area contributed by atoms with E-state index in [0.29, 0.717) is 24.9 Å². The summed E-state index contributed by atoms with van der Waals surface area (Å²) in [5.74, 6) is 0.832. The van der Waals surface area contributed by atoms with Crippen LogP contribution in [0.4, 0.5) is 0 Å². The van der Waals surface area contributed by atoms with E-state index in [2.05, 4.69) is 19.2 Å². The highest BCUT2D eigenvalue weighted by atomic mass is 16.5. The molecule has 2 N–H and O–H groups in total. The highest BCUT2D eigenvalue weighted by Crippen LogP contribution is 2.29. The molecule has 0 aliphatic rings. The zero-order valence-corrected chi connectivity index (χ0v) is 12.4. The van der Waals surface area contributed by atoms with E-state index >= 15 is 0 Å². The minimum Gasteiger partial charge on any atom is -0.504 e. The van der Waals surface area contributed by atoms with Gasteiger partial charge in [-0.25, -0.2) is 0 Å². The summed E-state index contributed by atoms with van der Waals surface area (Å²) < 4.78 is 5.39. The Bertz CT molecular complexity index is 366. The van der Waals surface area contributed by atoms with Crippen LogP contribution in [0, 0.1) is 0 Å². The predicted molar refractivity (Wildman–Crippen MR) is 79.7 cm³/mol. The molecule has 0 radical (unpaired) electrons. The van der Waals surface area contributed by atoms with E-state index in [0.717, 1.165) is 5.56 Å². The molecule has 0 bridgehead atoms. The van der Waals surface area contributed by atoms with E-state index in [9.17, 15) is 5.11 Å². The Balaban J connectivity index is 2.46. The second kappa shape index (κ2) is 8.81. The van der Waals surface area contributed by atoms with Crippen LogP contribution in [0.3, 0.4) is 0 Å². The zero-order chi connectivity index (χ0) is 14.1. The monoisotopic (exact) mass is 265 g/mol. The molecule has 0 heterocycles. The van der Waals surface area contributed by atoms with Crippen LogP contribution in [0.5, 0.6) is 11.5 Å². The third-order valence-corrected chi connectivity index (χ3v) is 3.26. The fraction of sp³-hybridized carbons (Fsp3) is 0.625. The second-order valence-corrected chi connectivity index (χ2v) is 4.97. The van der Waals surface area contributed by atoms with Gasteiger partial charge in [-0.3, -0.25) is 0 Å². The van der Waals surface area contributed by atoms with Crippen molar-refractivity contribution in [2.75, 3.05) is 6.61 Å². The molecule has 19 heavy (non-hydrogen) atoms. The fourth-order valence-electron chi connectivity index (χ4n) is 2.07. The average Bonchev–Trinajstić information content (AvgIpc) is 2.40. The molecular weight excluding hydrogens is 238 g/mol. The smallest absolute Gasteiger partial charge is 0.162 e. The Hall–Kier alpha value is -1.22. The average molecular weight is 265 g/mol. The Morgan fingerprint density at radius 2 is 2.05 bits per heavy atom. The Morgan fingerprint density at radius 1 is 1.26 bits per heavy atom. The third-order valence-electron chi connectivity index (χ3n) is 3.26. The number of aromatic hydroxyl groups is 1. The number of hydrogen-bond acceptors (Lipinski definition) is 3. The molecule has 1 unspecified atom stereocenters. The van der Waals surface area contributed by atoms with Crippen LogP contribution in [0.25, 0.3) is 0 Å². The van der Waals surface area contributed by atoms with E-state index in [-0.39, 0.29) is 5.75 Å². The molecule has 0 aromatic heterocycles. The second-order valence-electron chi connectivity index (χ2n) is 4.97. The summed E-state index contributed by atoms with van der Waals surface area (Å²) in [4.78, 5) is 0. The van der Waals surface area contributed by atoms with Crippen molar-refractivity contribution >= 4 is 0 Å². The summed E-state index contributed by atoms with van der Waals surface area (Å²) in [5, 5.41) is 13.5. The van der Waals surface area contributed by atoms with Crippen LogP contribution in [0.1, 0.15) is 52.0 Å². The Morgan fingerprint density at radius 3 is 2.74 bits per heavy atom. The highest BCUT2D eigenvalue weighted by Gasteiger charge is 2.08. The van der Waals surface area contributed by atoms with Gasteiger partial charge < -0.3 is 15.2 Å². The van der Waals surface area contributed by atoms with Gasteiger partial charge in [0.1, 0.15) is 0 Å². The number of para-hydroxylation sites is 1. The minimum absolute atomic E-state index is 0.262. The highest BCUT2D eigenvalue weighted by molar-refractivity contribution is 5.45. The lowest BCUT2D eigenvalue weighted by atomic mass is 10.1. The zero-order valence-electron chi connectivity index (χ0n) is 12.4. The van der Waals surface area contributed by atoms with Gasteiger partial charge in [0, 0.05) is 18.2 Å². The van der Waals surface area contributed by atoms with Crippen LogP contribution in [0.2, 0.25) is 0 Å². The third kappa shape index (κ3) is 5.52. The Kier molecular flexibility index (Phi) is 7.34. The number of nitrogens with one attached hydrogen (secondary N) is 1. The molecular formula is C16H27NO2. The number of unbranched alkanes of at least 4 members (excludes halogenated alkanes) is 2. The van der Waals surface area contributed by atoms with Gasteiger partial charge >= 0.3 is 0 Å². The van der Waals surface area contributed by atoms with E-state index < -0.39 is 0 Å². The summed E-state index contributed by atoms with van der Waals surface area (Å²) >= 11 is 0. The number of phenols is 1. The van der Waals surface area contributed by atoms with Crippen LogP contribution < -0.4 is 10.1 Å². The lowest BCUT2D eigenvalue weighted by Crippen LogP contribution is -2.25. The van der Waals surface area contributed by atoms with Gasteiger partial charge in [0.15, 0.2) is 11.5 Å². The summed E-state index contributed by atoms with van der Waals surface area (Å²) in [7, 11) is 0. The maximum Gasteiger partial charge on any atom is 0.162 e. The molecule has 1 rings (SSSR count). The lowest BCUT2D eigenvalue weighted by Gasteiger charge is -2.15. The molecule has 1 aromatic carbocycles. The summed E-state index contributed by atoms with van der Waals surface area (Å²) in [5.41, 5.74) is 0.897. The normalized spacial score (nSPS) is 12.4. The minimum atomic E-state index is 0.262. The number of hydrogen-bond donors (Lipinski definition) is 2. The van der Waals surface area contributed by atoms with E-state index in [4.69, 9.17) is 4.74 Å². The summed E-state index contributed by atoms with van der Waals surface area (Å²) in [6.45, 7) is 7.58. The summed E-state index contributed by atoms with van der Waals surface area (Å²) in [6.07, 6.45) is 4.98. The van der Waals surface area contributed by atoms with Crippen molar-refractivity contribution in [1.29, 1.82) is 0 Å². The molecule has 0 amide bonds. The molecule has 0 aliphatic heterocycles. The van der Waals surface area contributed by atoms with Gasteiger partial charge in [0.25, 0.3) is 0 Å². The van der Waals surface area contributed by atoms with Gasteiger partial charge in [0.05, 0.1) is 6.61 Å². The van der Waals surface area contributed by atoms with Crippen molar-refractivity contribution in [3.63, 3.8) is 0 Å². The maximum absolute atomic E-state index is 10.1. The quantitative estimate of drug-likeness (QED) is 0.666. The van der Waals surface area contributed by atoms with E-state index in [1.807, 2.05) is 19.1 Å². The maximum atomic E-state index is 10.1. The molecule has 0 fully saturated rings. The fourth-order valence-corrected chi connectivity index (χ4v) is 2.07. The number of phenolic OH excluding ortho intramolecular Hbond substituents is 1. The molecule has 3 heteroatoms. The first kappa shape index (κ1) is 15.8. The van der Waals surface area contributed by atoms with Crippen LogP contribution >= 0.6 is 0 Å². The SMILES string of the molecule is CCCCCC(C)NCc1cccc(OCC)c1O. The molecule has 0 saturated carbocycles. The van der Waals surface area contributed by atoms with Crippen LogP contribution in [-0.2, 0) is 6.54 Å². The predicted octanol–water partition coefficient (Wildman–Crippen LogP) is 3.85. The molecule has 1 aromatic rings. The van der Waals surface area contributed by atoms with Crippen LogP contribution in [0.15, 0.2) is 18.2 Å². The summed E-state index contributed by atoms with van der Waals surface area (Å²) in [6, 6.07) is 6.13. The molecule has 0 spiro atoms. The number of benzene rings is 1. The molecule has 108 valence electrons. The first-order valence-corrected chi connectivity index (χ1v) is 7.36. The van der Waals surface area contributed by atoms with Gasteiger partial charge in [-0.2, -0.15) is 0 Å². The van der Waals surface area contributed by atoms with Crippen molar-refractivity contribution < 1.29 is 9.84 Å². The van der Waals surface area contributed by atoms with Crippen molar-refractivity contribution in [3.05, 3.63) is 23.8 Å². The number of rotatable bonds is 9. The molecule has 3 nitrogen and oxygen atoms in total. The molecule has 0 aliphatic carbocycles. The Labute approximate surface area is 117 Å². The lowest BCUT2D eigenvalue weighted by molar-refractivity contribution is 0.316. The van der Waals surface area contributed by atoms with Crippen LogP contribution in [-0.4, -0.2) is 17.8 Å². The van der Waals surface area contributed by atoms with Crippen molar-refractivity contribution in [1.82, 2.24) is 5.32 Å². The van der Waals surface area contributed by atoms with Gasteiger partial charge in [-0.15, -0.1) is 0 Å². The van der Waals surface area contributed by atoms with Gasteiger partial charge in [-0.1, -0.05) is 38.3 Å². The van der Waals surface area contributed by atoms with E-state index in [1.54, 1.807) is 6.07 Å². The largest absolute Gasteiger partial charge is 0.504 e. The van der Waals surface area contributed by atoms with Gasteiger partial charge in [0.2, 0.25) is 0 Å². The topological polar surface area (TPSA) is 41.5 Å². The van der Waals surface area contributed by atoms with E-state index in [1.165, 1.54) is 25.7 Å². The van der Waals surface area contributed by atoms with Crippen molar-refractivity contribution in [2.24, 2.45) is 0 Å². The first-order valence-electron chi connectivity index (χ1n) is 7.36. The first-order chi connectivity index (χ1) is 9.19.